The number of aliphatic hydroxyl groups is 1. The number of benzene rings is 3. The van der Waals surface area contributed by atoms with E-state index in [1.165, 1.54) is 6.20 Å². The summed E-state index contributed by atoms with van der Waals surface area (Å²) in [6, 6.07) is 15.2. The van der Waals surface area contributed by atoms with E-state index >= 15 is 8.78 Å². The molecule has 7 rings (SSSR count). The lowest BCUT2D eigenvalue weighted by Gasteiger charge is -2.30. The van der Waals surface area contributed by atoms with Crippen molar-refractivity contribution in [1.82, 2.24) is 19.9 Å². The van der Waals surface area contributed by atoms with Gasteiger partial charge in [-0.05, 0) is 60.2 Å². The molecule has 2 aliphatic rings. The zero-order valence-electron chi connectivity index (χ0n) is 25.0. The molecule has 0 amide bonds. The molecule has 0 radical (unpaired) electrons. The summed E-state index contributed by atoms with van der Waals surface area (Å²) in [5.74, 6) is -2.83. The van der Waals surface area contributed by atoms with Crippen LogP contribution in [0.1, 0.15) is 36.8 Å². The number of hydrogen-bond acceptors (Lipinski definition) is 7. The van der Waals surface area contributed by atoms with Crippen LogP contribution in [0, 0.1) is 17.5 Å². The summed E-state index contributed by atoms with van der Waals surface area (Å²) in [5, 5.41) is 10.3. The van der Waals surface area contributed by atoms with E-state index in [1.807, 2.05) is 30.3 Å². The Bertz CT molecular complexity index is 1910. The van der Waals surface area contributed by atoms with E-state index in [-0.39, 0.29) is 72.3 Å². The summed E-state index contributed by atoms with van der Waals surface area (Å²) < 4.78 is 72.8. The van der Waals surface area contributed by atoms with Gasteiger partial charge in [-0.3, -0.25) is 9.88 Å². The maximum absolute atomic E-state index is 16.6. The standard InChI is InChI=1S/C35H32F4N4O3/c36-23-16-35(12-6-13-43(35)18-23)20-46-34-41-32-26(33(42-34)45-19-21-7-2-1-3-8-21)17-40-31(30(32)39)25-10-4-9-22-15-27(37)29(38)24(28(22)25)11-5-14-44/h1-4,7-10,15,17,23,44H,5-6,11-14,16,18-20H2/t23-,35+/m1/s1. The molecule has 1 N–H and O–H groups in total. The summed E-state index contributed by atoms with van der Waals surface area (Å²) in [5.41, 5.74) is 0.426. The van der Waals surface area contributed by atoms with Crippen LogP contribution in [0.4, 0.5) is 17.6 Å². The molecular weight excluding hydrogens is 600 g/mol. The van der Waals surface area contributed by atoms with Crippen LogP contribution < -0.4 is 9.47 Å². The molecule has 2 aliphatic heterocycles. The predicted molar refractivity (Wildman–Crippen MR) is 165 cm³/mol. The molecule has 2 atom stereocenters. The average molecular weight is 633 g/mol. The normalized spacial score (nSPS) is 19.6. The van der Waals surface area contributed by atoms with Gasteiger partial charge in [0.2, 0.25) is 5.88 Å². The lowest BCUT2D eigenvalue weighted by molar-refractivity contribution is 0.106. The number of fused-ring (bicyclic) bond motifs is 3. The highest BCUT2D eigenvalue weighted by atomic mass is 19.2. The summed E-state index contributed by atoms with van der Waals surface area (Å²) in [4.78, 5) is 15.4. The molecule has 0 unspecified atom stereocenters. The molecule has 2 fully saturated rings. The summed E-state index contributed by atoms with van der Waals surface area (Å²) in [7, 11) is 0. The summed E-state index contributed by atoms with van der Waals surface area (Å²) in [6.45, 7) is 1.19. The first-order valence-electron chi connectivity index (χ1n) is 15.4. The highest BCUT2D eigenvalue weighted by Gasteiger charge is 2.49. The van der Waals surface area contributed by atoms with Gasteiger partial charge in [-0.15, -0.1) is 0 Å². The van der Waals surface area contributed by atoms with Gasteiger partial charge in [0.1, 0.15) is 30.6 Å². The Hall–Kier alpha value is -4.35. The van der Waals surface area contributed by atoms with Crippen LogP contribution in [0.3, 0.4) is 0 Å². The number of hydrogen-bond donors (Lipinski definition) is 1. The second kappa shape index (κ2) is 12.4. The van der Waals surface area contributed by atoms with Crippen molar-refractivity contribution >= 4 is 21.7 Å². The fraction of sp³-hybridized carbons (Fsp3) is 0.343. The Kier molecular flexibility index (Phi) is 8.20. The van der Waals surface area contributed by atoms with Crippen LogP contribution in [0.25, 0.3) is 32.9 Å². The van der Waals surface area contributed by atoms with Gasteiger partial charge in [-0.25, -0.2) is 17.6 Å². The van der Waals surface area contributed by atoms with Crippen molar-refractivity contribution in [3.8, 4) is 23.1 Å². The number of pyridine rings is 1. The van der Waals surface area contributed by atoms with Crippen molar-refractivity contribution in [3.63, 3.8) is 0 Å². The van der Waals surface area contributed by atoms with Gasteiger partial charge in [-0.2, -0.15) is 9.97 Å². The first-order valence-corrected chi connectivity index (χ1v) is 15.4. The van der Waals surface area contributed by atoms with Crippen molar-refractivity contribution in [1.29, 1.82) is 0 Å². The number of aryl methyl sites for hydroxylation is 1. The Morgan fingerprint density at radius 2 is 1.85 bits per heavy atom. The predicted octanol–water partition coefficient (Wildman–Crippen LogP) is 6.72. The minimum absolute atomic E-state index is 0.0302. The van der Waals surface area contributed by atoms with Crippen LogP contribution in [-0.4, -0.2) is 63.0 Å². The third kappa shape index (κ3) is 5.51. The minimum atomic E-state index is -1.05. The van der Waals surface area contributed by atoms with Crippen LogP contribution in [0.5, 0.6) is 11.9 Å². The molecule has 0 bridgehead atoms. The quantitative estimate of drug-likeness (QED) is 0.171. The lowest BCUT2D eigenvalue weighted by atomic mass is 9.93. The SMILES string of the molecule is OCCCc1c(F)c(F)cc2cccc(-c3ncc4c(OCc5ccccc5)nc(OC[C@@]56CCCN5C[C@H](F)C6)nc4c3F)c12. The number of halogens is 4. The van der Waals surface area contributed by atoms with Crippen molar-refractivity contribution in [2.45, 2.75) is 50.4 Å². The first-order chi connectivity index (χ1) is 22.4. The molecule has 0 spiro atoms. The van der Waals surface area contributed by atoms with Gasteiger partial charge in [-0.1, -0.05) is 48.5 Å². The van der Waals surface area contributed by atoms with E-state index in [0.29, 0.717) is 23.7 Å². The van der Waals surface area contributed by atoms with Gasteiger partial charge in [0, 0.05) is 31.3 Å². The van der Waals surface area contributed by atoms with Gasteiger partial charge in [0.25, 0.3) is 0 Å². The van der Waals surface area contributed by atoms with Gasteiger partial charge in [0.05, 0.1) is 10.9 Å². The van der Waals surface area contributed by atoms with Crippen molar-refractivity contribution in [3.05, 3.63) is 89.4 Å². The molecule has 4 heterocycles. The Morgan fingerprint density at radius 1 is 1.00 bits per heavy atom. The van der Waals surface area contributed by atoms with E-state index in [4.69, 9.17) is 9.47 Å². The maximum atomic E-state index is 16.6. The fourth-order valence-corrected chi connectivity index (χ4v) is 6.92. The van der Waals surface area contributed by atoms with Crippen LogP contribution in [0.2, 0.25) is 0 Å². The van der Waals surface area contributed by atoms with Gasteiger partial charge >= 0.3 is 6.01 Å². The van der Waals surface area contributed by atoms with Crippen molar-refractivity contribution in [2.24, 2.45) is 0 Å². The monoisotopic (exact) mass is 632 g/mol. The summed E-state index contributed by atoms with van der Waals surface area (Å²) in [6.07, 6.45) is 2.73. The lowest BCUT2D eigenvalue weighted by Crippen LogP contribution is -2.43. The second-order valence-corrected chi connectivity index (χ2v) is 12.0. The molecule has 5 aromatic rings. The van der Waals surface area contributed by atoms with Crippen LogP contribution in [-0.2, 0) is 13.0 Å². The van der Waals surface area contributed by atoms with E-state index in [1.54, 1.807) is 18.2 Å². The minimum Gasteiger partial charge on any atom is -0.472 e. The Balaban J connectivity index is 1.33. The molecule has 238 valence electrons. The zero-order chi connectivity index (χ0) is 31.8. The molecule has 46 heavy (non-hydrogen) atoms. The van der Waals surface area contributed by atoms with E-state index in [9.17, 15) is 13.9 Å². The molecule has 2 aromatic heterocycles. The highest BCUT2D eigenvalue weighted by Crippen LogP contribution is 2.41. The van der Waals surface area contributed by atoms with E-state index in [0.717, 1.165) is 31.0 Å². The zero-order valence-corrected chi connectivity index (χ0v) is 25.0. The topological polar surface area (TPSA) is 80.6 Å². The van der Waals surface area contributed by atoms with E-state index in [2.05, 4.69) is 19.9 Å². The van der Waals surface area contributed by atoms with Crippen molar-refractivity contribution in [2.75, 3.05) is 26.3 Å². The van der Waals surface area contributed by atoms with Gasteiger partial charge in [0.15, 0.2) is 17.5 Å². The number of alkyl halides is 1. The number of nitrogens with zero attached hydrogens (tertiary/aromatic N) is 4. The second-order valence-electron chi connectivity index (χ2n) is 12.0. The van der Waals surface area contributed by atoms with Crippen LogP contribution >= 0.6 is 0 Å². The maximum Gasteiger partial charge on any atom is 0.320 e. The number of aromatic nitrogens is 3. The Morgan fingerprint density at radius 3 is 2.67 bits per heavy atom. The first kappa shape index (κ1) is 30.3. The molecule has 0 aliphatic carbocycles. The molecule has 0 saturated carbocycles. The molecule has 7 nitrogen and oxygen atoms in total. The average Bonchev–Trinajstić information content (AvgIpc) is 3.59. The smallest absolute Gasteiger partial charge is 0.320 e. The largest absolute Gasteiger partial charge is 0.472 e. The molecule has 2 saturated heterocycles. The Labute approximate surface area is 262 Å². The molecule has 11 heteroatoms. The van der Waals surface area contributed by atoms with Gasteiger partial charge < -0.3 is 14.6 Å². The third-order valence-corrected chi connectivity index (χ3v) is 9.07. The van der Waals surface area contributed by atoms with E-state index < -0.39 is 29.2 Å². The number of rotatable bonds is 10. The fourth-order valence-electron chi connectivity index (χ4n) is 6.92. The number of ether oxygens (including phenoxy) is 2. The highest BCUT2D eigenvalue weighted by molar-refractivity contribution is 6.00. The number of aliphatic hydroxyl groups excluding tert-OH is 1. The summed E-state index contributed by atoms with van der Waals surface area (Å²) >= 11 is 0. The third-order valence-electron chi connectivity index (χ3n) is 9.07. The molecular formula is C35H32F4N4O3. The van der Waals surface area contributed by atoms with Crippen LogP contribution in [0.15, 0.2) is 60.8 Å². The van der Waals surface area contributed by atoms with Crippen molar-refractivity contribution < 1.29 is 32.1 Å². The molecule has 3 aromatic carbocycles.